The van der Waals surface area contributed by atoms with E-state index in [1.807, 2.05) is 13.8 Å². The van der Waals surface area contributed by atoms with Crippen LogP contribution in [-0.4, -0.2) is 36.8 Å². The third-order valence-electron chi connectivity index (χ3n) is 2.67. The highest BCUT2D eigenvalue weighted by Gasteiger charge is 2.09. The minimum absolute atomic E-state index is 0.0716. The Morgan fingerprint density at radius 2 is 2.09 bits per heavy atom. The lowest BCUT2D eigenvalue weighted by Crippen LogP contribution is -2.32. The average Bonchev–Trinajstić information content (AvgIpc) is 2.47. The molecule has 0 fully saturated rings. The fourth-order valence-electron chi connectivity index (χ4n) is 1.55. The van der Waals surface area contributed by atoms with Crippen LogP contribution in [0.25, 0.3) is 0 Å². The SMILES string of the molecule is COc1cccc(C=NNC(=O)CC(=O)NCC(C)C)c1O. The van der Waals surface area contributed by atoms with E-state index in [-0.39, 0.29) is 18.1 Å². The van der Waals surface area contributed by atoms with Gasteiger partial charge in [0.1, 0.15) is 6.42 Å². The van der Waals surface area contributed by atoms with Crippen molar-refractivity contribution in [2.75, 3.05) is 13.7 Å². The highest BCUT2D eigenvalue weighted by molar-refractivity contribution is 5.97. The molecule has 0 radical (unpaired) electrons. The first-order valence-corrected chi connectivity index (χ1v) is 6.88. The molecule has 0 atom stereocenters. The molecule has 3 N–H and O–H groups in total. The molecule has 0 unspecified atom stereocenters. The minimum Gasteiger partial charge on any atom is -0.504 e. The molecule has 0 spiro atoms. The van der Waals surface area contributed by atoms with Crippen LogP contribution < -0.4 is 15.5 Å². The minimum atomic E-state index is -0.528. The molecule has 120 valence electrons. The van der Waals surface area contributed by atoms with Gasteiger partial charge in [-0.3, -0.25) is 9.59 Å². The second-order valence-corrected chi connectivity index (χ2v) is 5.07. The van der Waals surface area contributed by atoms with Crippen LogP contribution in [0.2, 0.25) is 0 Å². The van der Waals surface area contributed by atoms with Crippen LogP contribution in [0.1, 0.15) is 25.8 Å². The van der Waals surface area contributed by atoms with E-state index in [2.05, 4.69) is 15.8 Å². The van der Waals surface area contributed by atoms with Crippen molar-refractivity contribution in [3.63, 3.8) is 0 Å². The summed E-state index contributed by atoms with van der Waals surface area (Å²) in [5, 5.41) is 16.2. The highest BCUT2D eigenvalue weighted by Crippen LogP contribution is 2.27. The molecule has 2 amide bonds. The molecule has 1 aromatic carbocycles. The number of carbonyl (C=O) groups excluding carboxylic acids is 2. The van der Waals surface area contributed by atoms with E-state index in [4.69, 9.17) is 4.74 Å². The zero-order valence-electron chi connectivity index (χ0n) is 12.9. The Balaban J connectivity index is 2.48. The van der Waals surface area contributed by atoms with E-state index >= 15 is 0 Å². The Kier molecular flexibility index (Phi) is 6.88. The van der Waals surface area contributed by atoms with Gasteiger partial charge < -0.3 is 15.2 Å². The fraction of sp³-hybridized carbons (Fsp3) is 0.400. The first kappa shape index (κ1) is 17.5. The van der Waals surface area contributed by atoms with Gasteiger partial charge >= 0.3 is 0 Å². The molecule has 0 heterocycles. The quantitative estimate of drug-likeness (QED) is 0.398. The van der Waals surface area contributed by atoms with E-state index < -0.39 is 5.91 Å². The number of amides is 2. The van der Waals surface area contributed by atoms with Gasteiger partial charge in [0, 0.05) is 12.1 Å². The number of phenols is 1. The van der Waals surface area contributed by atoms with E-state index in [1.165, 1.54) is 13.3 Å². The van der Waals surface area contributed by atoms with Crippen molar-refractivity contribution in [2.24, 2.45) is 11.0 Å². The summed E-state index contributed by atoms with van der Waals surface area (Å²) in [5.74, 6) is -0.326. The monoisotopic (exact) mass is 307 g/mol. The van der Waals surface area contributed by atoms with Crippen molar-refractivity contribution in [2.45, 2.75) is 20.3 Å². The number of phenolic OH excluding ortho intramolecular Hbond substituents is 1. The maximum Gasteiger partial charge on any atom is 0.249 e. The summed E-state index contributed by atoms with van der Waals surface area (Å²) in [5.41, 5.74) is 2.62. The van der Waals surface area contributed by atoms with Crippen LogP contribution in [0.15, 0.2) is 23.3 Å². The summed E-state index contributed by atoms with van der Waals surface area (Å²) < 4.78 is 4.96. The topological polar surface area (TPSA) is 100 Å². The van der Waals surface area contributed by atoms with Crippen LogP contribution in [0, 0.1) is 5.92 Å². The number of hydrazone groups is 1. The van der Waals surface area contributed by atoms with Gasteiger partial charge in [0.25, 0.3) is 0 Å². The van der Waals surface area contributed by atoms with Gasteiger partial charge in [-0.25, -0.2) is 5.43 Å². The van der Waals surface area contributed by atoms with Gasteiger partial charge in [0.05, 0.1) is 13.3 Å². The molecule has 22 heavy (non-hydrogen) atoms. The normalized spacial score (nSPS) is 10.7. The van der Waals surface area contributed by atoms with Crippen LogP contribution >= 0.6 is 0 Å². The predicted molar refractivity (Wildman–Crippen MR) is 82.9 cm³/mol. The zero-order chi connectivity index (χ0) is 16.5. The lowest BCUT2D eigenvalue weighted by atomic mass is 10.2. The van der Waals surface area contributed by atoms with Crippen LogP contribution in [0.3, 0.4) is 0 Å². The third kappa shape index (κ3) is 5.82. The fourth-order valence-corrected chi connectivity index (χ4v) is 1.55. The molecule has 0 aliphatic rings. The summed E-state index contributed by atoms with van der Waals surface area (Å²) >= 11 is 0. The van der Waals surface area contributed by atoms with Crippen molar-refractivity contribution in [3.8, 4) is 11.5 Å². The number of rotatable bonds is 7. The summed E-state index contributed by atoms with van der Waals surface area (Å²) in [6.07, 6.45) is 0.982. The number of aromatic hydroxyl groups is 1. The smallest absolute Gasteiger partial charge is 0.249 e. The number of methoxy groups -OCH3 is 1. The Hall–Kier alpha value is -2.57. The average molecular weight is 307 g/mol. The van der Waals surface area contributed by atoms with E-state index in [9.17, 15) is 14.7 Å². The number of carbonyl (C=O) groups is 2. The third-order valence-corrected chi connectivity index (χ3v) is 2.67. The molecule has 0 aliphatic carbocycles. The Morgan fingerprint density at radius 1 is 1.36 bits per heavy atom. The molecular weight excluding hydrogens is 286 g/mol. The maximum absolute atomic E-state index is 11.5. The van der Waals surface area contributed by atoms with Crippen molar-refractivity contribution < 1.29 is 19.4 Å². The van der Waals surface area contributed by atoms with Gasteiger partial charge in [-0.2, -0.15) is 5.10 Å². The number of hydrogen-bond donors (Lipinski definition) is 3. The number of nitrogens with zero attached hydrogens (tertiary/aromatic N) is 1. The molecular formula is C15H21N3O4. The Labute approximate surface area is 129 Å². The first-order valence-electron chi connectivity index (χ1n) is 6.88. The molecule has 1 aromatic rings. The van der Waals surface area contributed by atoms with Gasteiger partial charge in [-0.15, -0.1) is 0 Å². The van der Waals surface area contributed by atoms with E-state index in [0.29, 0.717) is 23.8 Å². The standard InChI is InChI=1S/C15H21N3O4/c1-10(2)8-16-13(19)7-14(20)18-17-9-11-5-4-6-12(22-3)15(11)21/h4-6,9-10,21H,7-8H2,1-3H3,(H,16,19)(H,18,20). The van der Waals surface area contributed by atoms with Crippen molar-refractivity contribution in [1.29, 1.82) is 0 Å². The summed E-state index contributed by atoms with van der Waals surface area (Å²) in [4.78, 5) is 23.0. The second kappa shape index (κ2) is 8.66. The summed E-state index contributed by atoms with van der Waals surface area (Å²) in [7, 11) is 1.44. The largest absolute Gasteiger partial charge is 0.504 e. The van der Waals surface area contributed by atoms with Gasteiger partial charge in [0.2, 0.25) is 11.8 Å². The lowest BCUT2D eigenvalue weighted by Gasteiger charge is -2.07. The molecule has 0 saturated heterocycles. The van der Waals surface area contributed by atoms with Gasteiger partial charge in [0.15, 0.2) is 11.5 Å². The molecule has 7 heteroatoms. The van der Waals surface area contributed by atoms with Gasteiger partial charge in [-0.05, 0) is 18.1 Å². The lowest BCUT2D eigenvalue weighted by molar-refractivity contribution is -0.129. The molecule has 1 rings (SSSR count). The first-order chi connectivity index (χ1) is 10.4. The van der Waals surface area contributed by atoms with Crippen molar-refractivity contribution >= 4 is 18.0 Å². The molecule has 7 nitrogen and oxygen atoms in total. The second-order valence-electron chi connectivity index (χ2n) is 5.07. The van der Waals surface area contributed by atoms with Crippen LogP contribution in [0.5, 0.6) is 11.5 Å². The molecule has 0 aromatic heterocycles. The maximum atomic E-state index is 11.5. The zero-order valence-corrected chi connectivity index (χ0v) is 12.9. The number of ether oxygens (including phenoxy) is 1. The Morgan fingerprint density at radius 3 is 2.73 bits per heavy atom. The van der Waals surface area contributed by atoms with Crippen LogP contribution in [-0.2, 0) is 9.59 Å². The van der Waals surface area contributed by atoms with Crippen molar-refractivity contribution in [1.82, 2.24) is 10.7 Å². The number of hydrogen-bond acceptors (Lipinski definition) is 5. The molecule has 0 bridgehead atoms. The highest BCUT2D eigenvalue weighted by atomic mass is 16.5. The van der Waals surface area contributed by atoms with Crippen molar-refractivity contribution in [3.05, 3.63) is 23.8 Å². The number of para-hydroxylation sites is 1. The summed E-state index contributed by atoms with van der Waals surface area (Å²) in [6, 6.07) is 4.90. The molecule has 0 aliphatic heterocycles. The van der Waals surface area contributed by atoms with Crippen LogP contribution in [0.4, 0.5) is 0 Å². The summed E-state index contributed by atoms with van der Waals surface area (Å²) in [6.45, 7) is 4.45. The van der Waals surface area contributed by atoms with Gasteiger partial charge in [-0.1, -0.05) is 19.9 Å². The Bertz CT molecular complexity index is 556. The number of nitrogens with one attached hydrogen (secondary N) is 2. The number of benzene rings is 1. The van der Waals surface area contributed by atoms with E-state index in [0.717, 1.165) is 0 Å². The van der Waals surface area contributed by atoms with E-state index in [1.54, 1.807) is 18.2 Å². The molecule has 0 saturated carbocycles. The predicted octanol–water partition coefficient (Wildman–Crippen LogP) is 1.01.